The molecule has 0 spiro atoms. The molecule has 2 nitrogen and oxygen atoms in total. The van der Waals surface area contributed by atoms with Gasteiger partial charge in [0.15, 0.2) is 0 Å². The quantitative estimate of drug-likeness (QED) is 0.419. The fourth-order valence-electron chi connectivity index (χ4n) is 0. The lowest BCUT2D eigenvalue weighted by Crippen LogP contribution is -2.08. The van der Waals surface area contributed by atoms with Crippen molar-refractivity contribution in [1.29, 1.82) is 0 Å². The third kappa shape index (κ3) is 1.92. The van der Waals surface area contributed by atoms with E-state index in [1.807, 2.05) is 0 Å². The highest BCUT2D eigenvalue weighted by Gasteiger charge is 1.52. The average Bonchev–Trinajstić information content (AvgIpc) is 1.37. The fraction of sp³-hybridized carbons (Fsp3) is 1.00. The van der Waals surface area contributed by atoms with E-state index >= 15 is 0 Å². The second-order valence-corrected chi connectivity index (χ2v) is 0.499. The molecule has 0 bridgehead atoms. The van der Waals surface area contributed by atoms with Gasteiger partial charge in [-0.2, -0.15) is 0 Å². The van der Waals surface area contributed by atoms with Gasteiger partial charge in [0.1, 0.15) is 0 Å². The van der Waals surface area contributed by atoms with Crippen LogP contribution in [-0.4, -0.2) is 13.7 Å². The molecule has 0 aromatic carbocycles. The van der Waals surface area contributed by atoms with E-state index in [-0.39, 0.29) is 0 Å². The Morgan fingerprint density at radius 1 is 2.00 bits per heavy atom. The van der Waals surface area contributed by atoms with Crippen LogP contribution in [0.15, 0.2) is 0 Å². The Morgan fingerprint density at radius 3 is 2.25 bits per heavy atom. The van der Waals surface area contributed by atoms with Crippen molar-refractivity contribution < 1.29 is 0 Å². The van der Waals surface area contributed by atoms with Crippen LogP contribution in [0.5, 0.6) is 0 Å². The maximum atomic E-state index is 4.86. The summed E-state index contributed by atoms with van der Waals surface area (Å²) >= 11 is 0. The summed E-state index contributed by atoms with van der Waals surface area (Å²) in [5.74, 6) is 0. The molecule has 0 aliphatic heterocycles. The minimum absolute atomic E-state index is 0.444. The Kier molecular flexibility index (Phi) is 2.86. The summed E-state index contributed by atoms with van der Waals surface area (Å²) in [6.07, 6.45) is 0. The standard InChI is InChI=1S/C2H7N2/c1-4-2-3/h2-3H2,1H3. The van der Waals surface area contributed by atoms with E-state index in [1.165, 1.54) is 0 Å². The molecule has 0 heterocycles. The molecule has 1 radical (unpaired) electrons. The maximum absolute atomic E-state index is 4.86. The van der Waals surface area contributed by atoms with Crippen LogP contribution >= 0.6 is 0 Å². The normalized spacial score (nSPS) is 7.50. The third-order valence-electron chi connectivity index (χ3n) is 0.183. The summed E-state index contributed by atoms with van der Waals surface area (Å²) in [6.45, 7) is 0.444. The summed E-state index contributed by atoms with van der Waals surface area (Å²) in [5, 5.41) is 3.51. The zero-order chi connectivity index (χ0) is 3.41. The van der Waals surface area contributed by atoms with E-state index in [4.69, 9.17) is 5.73 Å². The van der Waals surface area contributed by atoms with Gasteiger partial charge in [-0.05, 0) is 0 Å². The Bertz CT molecular complexity index is 6.00. The molecule has 0 saturated carbocycles. The zero-order valence-corrected chi connectivity index (χ0v) is 2.73. The summed E-state index contributed by atoms with van der Waals surface area (Å²) in [7, 11) is 1.68. The van der Waals surface area contributed by atoms with Crippen molar-refractivity contribution in [2.24, 2.45) is 5.73 Å². The summed E-state index contributed by atoms with van der Waals surface area (Å²) in [6, 6.07) is 0. The van der Waals surface area contributed by atoms with Gasteiger partial charge >= 0.3 is 0 Å². The van der Waals surface area contributed by atoms with Gasteiger partial charge in [0.25, 0.3) is 0 Å². The van der Waals surface area contributed by atoms with Crippen LogP contribution < -0.4 is 11.1 Å². The van der Waals surface area contributed by atoms with E-state index in [0.717, 1.165) is 0 Å². The van der Waals surface area contributed by atoms with Gasteiger partial charge in [-0.3, -0.25) is 0 Å². The number of hydrogen-bond donors (Lipinski definition) is 1. The Balaban J connectivity index is 1.97. The first-order valence-electron chi connectivity index (χ1n) is 1.17. The molecule has 4 heavy (non-hydrogen) atoms. The molecule has 0 aliphatic rings. The zero-order valence-electron chi connectivity index (χ0n) is 2.73. The van der Waals surface area contributed by atoms with E-state index in [9.17, 15) is 0 Å². The first-order chi connectivity index (χ1) is 1.91. The Hall–Kier alpha value is -0.0800. The predicted octanol–water partition coefficient (Wildman–Crippen LogP) is -0.863. The van der Waals surface area contributed by atoms with Crippen LogP contribution in [0.3, 0.4) is 0 Å². The van der Waals surface area contributed by atoms with Crippen molar-refractivity contribution in [1.82, 2.24) is 5.32 Å². The van der Waals surface area contributed by atoms with Gasteiger partial charge in [-0.15, -0.1) is 0 Å². The van der Waals surface area contributed by atoms with Gasteiger partial charge in [-0.25, -0.2) is 5.32 Å². The molecular weight excluding hydrogens is 52.0 g/mol. The van der Waals surface area contributed by atoms with Crippen LogP contribution in [0.2, 0.25) is 0 Å². The molecule has 0 atom stereocenters. The number of nitrogens with zero attached hydrogens (tertiary/aromatic N) is 1. The first kappa shape index (κ1) is 3.92. The molecule has 0 rings (SSSR count). The van der Waals surface area contributed by atoms with E-state index in [0.29, 0.717) is 6.67 Å². The van der Waals surface area contributed by atoms with Crippen LogP contribution in [0.4, 0.5) is 0 Å². The van der Waals surface area contributed by atoms with Crippen LogP contribution in [-0.2, 0) is 0 Å². The highest BCUT2D eigenvalue weighted by atomic mass is 14.9. The molecule has 0 aliphatic carbocycles. The third-order valence-corrected chi connectivity index (χ3v) is 0.183. The second kappa shape index (κ2) is 2.92. The van der Waals surface area contributed by atoms with Gasteiger partial charge in [0, 0.05) is 7.05 Å². The van der Waals surface area contributed by atoms with Gasteiger partial charge < -0.3 is 5.73 Å². The molecule has 2 N–H and O–H groups in total. The Labute approximate surface area is 26.0 Å². The predicted molar refractivity (Wildman–Crippen MR) is 17.1 cm³/mol. The lowest BCUT2D eigenvalue weighted by atomic mass is 11.1. The SMILES string of the molecule is C[N]CN. The van der Waals surface area contributed by atoms with Crippen molar-refractivity contribution >= 4 is 0 Å². The van der Waals surface area contributed by atoms with Gasteiger partial charge in [0.05, 0.1) is 6.67 Å². The van der Waals surface area contributed by atoms with Crippen LogP contribution in [0, 0.1) is 0 Å². The minimum atomic E-state index is 0.444. The topological polar surface area (TPSA) is 40.1 Å². The van der Waals surface area contributed by atoms with Crippen molar-refractivity contribution in [2.45, 2.75) is 0 Å². The average molecular weight is 59.1 g/mol. The molecule has 25 valence electrons. The van der Waals surface area contributed by atoms with E-state index < -0.39 is 0 Å². The van der Waals surface area contributed by atoms with Crippen LogP contribution in [0.1, 0.15) is 0 Å². The van der Waals surface area contributed by atoms with Crippen molar-refractivity contribution in [3.63, 3.8) is 0 Å². The Morgan fingerprint density at radius 2 is 2.25 bits per heavy atom. The molecule has 0 unspecified atom stereocenters. The van der Waals surface area contributed by atoms with Gasteiger partial charge in [-0.1, -0.05) is 0 Å². The smallest absolute Gasteiger partial charge is 0.0595 e. The molecule has 2 heteroatoms. The molecule has 0 amide bonds. The van der Waals surface area contributed by atoms with Gasteiger partial charge in [0.2, 0.25) is 0 Å². The van der Waals surface area contributed by atoms with Crippen molar-refractivity contribution in [2.75, 3.05) is 13.7 Å². The lowest BCUT2D eigenvalue weighted by molar-refractivity contribution is 0.816. The lowest BCUT2D eigenvalue weighted by Gasteiger charge is -1.73. The van der Waals surface area contributed by atoms with E-state index in [2.05, 4.69) is 5.32 Å². The molecule has 0 aromatic heterocycles. The number of hydrogen-bond acceptors (Lipinski definition) is 1. The second-order valence-electron chi connectivity index (χ2n) is 0.499. The monoisotopic (exact) mass is 59.1 g/mol. The first-order valence-corrected chi connectivity index (χ1v) is 1.17. The highest BCUT2D eigenvalue weighted by Crippen LogP contribution is 1.23. The van der Waals surface area contributed by atoms with Crippen LogP contribution in [0.25, 0.3) is 0 Å². The van der Waals surface area contributed by atoms with Crippen molar-refractivity contribution in [3.05, 3.63) is 0 Å². The minimum Gasteiger partial charge on any atom is -0.317 e. The molecule has 0 saturated heterocycles. The molecule has 0 aromatic rings. The number of rotatable bonds is 1. The largest absolute Gasteiger partial charge is 0.317 e. The highest BCUT2D eigenvalue weighted by molar-refractivity contribution is 4.11. The molecule has 0 fully saturated rings. The molecular formula is C2H7N2. The van der Waals surface area contributed by atoms with Crippen molar-refractivity contribution in [3.8, 4) is 0 Å². The number of nitrogens with two attached hydrogens (primary N) is 1. The maximum Gasteiger partial charge on any atom is 0.0595 e. The summed E-state index contributed by atoms with van der Waals surface area (Å²) in [4.78, 5) is 0. The van der Waals surface area contributed by atoms with E-state index in [1.54, 1.807) is 7.05 Å². The summed E-state index contributed by atoms with van der Waals surface area (Å²) < 4.78 is 0. The summed E-state index contributed by atoms with van der Waals surface area (Å²) in [5.41, 5.74) is 4.86. The fourth-order valence-corrected chi connectivity index (χ4v) is 0.